The number of esters is 2. The number of ether oxygens (including phenoxy) is 2. The van der Waals surface area contributed by atoms with Crippen molar-refractivity contribution in [1.29, 1.82) is 0 Å². The van der Waals surface area contributed by atoms with E-state index < -0.39 is 0 Å². The van der Waals surface area contributed by atoms with Gasteiger partial charge in [-0.3, -0.25) is 9.59 Å². The van der Waals surface area contributed by atoms with E-state index in [1.807, 2.05) is 0 Å². The van der Waals surface area contributed by atoms with Crippen molar-refractivity contribution < 1.29 is 19.1 Å². The second-order valence-corrected chi connectivity index (χ2v) is 10.7. The number of carbonyl (C=O) groups excluding carboxylic acids is 2. The average molecular weight is 523 g/mol. The van der Waals surface area contributed by atoms with Gasteiger partial charge in [-0.05, 0) is 44.9 Å². The molecule has 0 aliphatic rings. The molecule has 0 aromatic heterocycles. The third kappa shape index (κ3) is 30.8. The molecular weight excluding hydrogens is 460 g/mol. The Bertz CT molecular complexity index is 514. The van der Waals surface area contributed by atoms with Gasteiger partial charge >= 0.3 is 11.9 Å². The summed E-state index contributed by atoms with van der Waals surface area (Å²) in [5.74, 6) is -0.0828. The summed E-state index contributed by atoms with van der Waals surface area (Å²) in [7, 11) is 0. The fraction of sp³-hybridized carbons (Fsp3) is 0.879. The first-order valence-electron chi connectivity index (χ1n) is 16.2. The molecule has 0 saturated heterocycles. The van der Waals surface area contributed by atoms with Crippen molar-refractivity contribution in [3.05, 3.63) is 12.2 Å². The smallest absolute Gasteiger partial charge is 0.305 e. The minimum atomic E-state index is -0.0419. The molecular formula is C33H62O4. The molecule has 4 heteroatoms. The second kappa shape index (κ2) is 30.9. The van der Waals surface area contributed by atoms with Crippen molar-refractivity contribution >= 4 is 11.9 Å². The van der Waals surface area contributed by atoms with Crippen LogP contribution in [0.2, 0.25) is 0 Å². The highest BCUT2D eigenvalue weighted by atomic mass is 16.5. The first-order chi connectivity index (χ1) is 18.2. The lowest BCUT2D eigenvalue weighted by Crippen LogP contribution is -2.06. The summed E-state index contributed by atoms with van der Waals surface area (Å²) in [5, 5.41) is 0. The number of carbonyl (C=O) groups is 2. The van der Waals surface area contributed by atoms with E-state index in [2.05, 4.69) is 26.0 Å². The van der Waals surface area contributed by atoms with E-state index in [4.69, 9.17) is 9.47 Å². The molecule has 0 unspecified atom stereocenters. The van der Waals surface area contributed by atoms with Gasteiger partial charge in [-0.25, -0.2) is 0 Å². The van der Waals surface area contributed by atoms with Gasteiger partial charge in [-0.2, -0.15) is 0 Å². The van der Waals surface area contributed by atoms with Crippen LogP contribution in [-0.2, 0) is 19.1 Å². The van der Waals surface area contributed by atoms with Crippen LogP contribution in [0.5, 0.6) is 0 Å². The maximum atomic E-state index is 11.9. The maximum absolute atomic E-state index is 11.9. The quantitative estimate of drug-likeness (QED) is 0.0557. The third-order valence-electron chi connectivity index (χ3n) is 6.95. The standard InChI is InChI=1S/C33H62O4/c1-3-5-7-9-11-12-13-14-15-19-23-27-31-37-33(35)29-25-21-17-16-20-24-28-32(34)36-30-26-22-18-10-8-6-4-2/h5,7H,3-4,6,8-31H2,1-2H3/b7-5-. The molecule has 0 radical (unpaired) electrons. The average Bonchev–Trinajstić information content (AvgIpc) is 2.89. The zero-order chi connectivity index (χ0) is 27.1. The van der Waals surface area contributed by atoms with E-state index in [0.717, 1.165) is 57.8 Å². The molecule has 37 heavy (non-hydrogen) atoms. The lowest BCUT2D eigenvalue weighted by atomic mass is 10.1. The predicted molar refractivity (Wildman–Crippen MR) is 158 cm³/mol. The van der Waals surface area contributed by atoms with E-state index in [0.29, 0.717) is 26.1 Å². The zero-order valence-corrected chi connectivity index (χ0v) is 24.9. The number of allylic oxidation sites excluding steroid dienone is 2. The van der Waals surface area contributed by atoms with Gasteiger partial charge in [-0.1, -0.05) is 129 Å². The SMILES string of the molecule is CC/C=C\CCCCCCCCCCOC(=O)CCCCCCCCC(=O)OCCCCCCCCC. The van der Waals surface area contributed by atoms with E-state index in [1.165, 1.54) is 89.9 Å². The molecule has 0 heterocycles. The topological polar surface area (TPSA) is 52.6 Å². The van der Waals surface area contributed by atoms with Gasteiger partial charge in [0.15, 0.2) is 0 Å². The van der Waals surface area contributed by atoms with Crippen molar-refractivity contribution in [2.45, 2.75) is 174 Å². The summed E-state index contributed by atoms with van der Waals surface area (Å²) in [6.45, 7) is 5.58. The summed E-state index contributed by atoms with van der Waals surface area (Å²) in [4.78, 5) is 23.6. The first kappa shape index (κ1) is 35.7. The largest absolute Gasteiger partial charge is 0.466 e. The Morgan fingerprint density at radius 3 is 1.27 bits per heavy atom. The van der Waals surface area contributed by atoms with Crippen molar-refractivity contribution in [2.75, 3.05) is 13.2 Å². The molecule has 0 N–H and O–H groups in total. The van der Waals surface area contributed by atoms with Crippen LogP contribution in [0.4, 0.5) is 0 Å². The molecule has 0 saturated carbocycles. The molecule has 218 valence electrons. The Balaban J connectivity index is 3.26. The van der Waals surface area contributed by atoms with Crippen LogP contribution in [0.1, 0.15) is 174 Å². The van der Waals surface area contributed by atoms with Crippen LogP contribution < -0.4 is 0 Å². The minimum Gasteiger partial charge on any atom is -0.466 e. The Hall–Kier alpha value is -1.32. The minimum absolute atomic E-state index is 0.0409. The van der Waals surface area contributed by atoms with Crippen LogP contribution in [-0.4, -0.2) is 25.2 Å². The van der Waals surface area contributed by atoms with Gasteiger partial charge in [0.1, 0.15) is 0 Å². The van der Waals surface area contributed by atoms with Gasteiger partial charge in [0.2, 0.25) is 0 Å². The number of rotatable bonds is 29. The molecule has 0 atom stereocenters. The van der Waals surface area contributed by atoms with Gasteiger partial charge in [0, 0.05) is 12.8 Å². The van der Waals surface area contributed by atoms with Crippen molar-refractivity contribution in [1.82, 2.24) is 0 Å². The Kier molecular flexibility index (Phi) is 29.8. The van der Waals surface area contributed by atoms with Crippen molar-refractivity contribution in [3.63, 3.8) is 0 Å². The second-order valence-electron chi connectivity index (χ2n) is 10.7. The van der Waals surface area contributed by atoms with Crippen molar-refractivity contribution in [2.24, 2.45) is 0 Å². The number of hydrogen-bond donors (Lipinski definition) is 0. The number of unbranched alkanes of at least 4 members (excludes halogenated alkanes) is 19. The highest BCUT2D eigenvalue weighted by Gasteiger charge is 2.04. The van der Waals surface area contributed by atoms with E-state index in [9.17, 15) is 9.59 Å². The predicted octanol–water partition coefficient (Wildman–Crippen LogP) is 10.4. The van der Waals surface area contributed by atoms with Gasteiger partial charge in [0.25, 0.3) is 0 Å². The molecule has 0 aliphatic heterocycles. The lowest BCUT2D eigenvalue weighted by molar-refractivity contribution is -0.144. The van der Waals surface area contributed by atoms with Crippen LogP contribution in [0.15, 0.2) is 12.2 Å². The van der Waals surface area contributed by atoms with Gasteiger partial charge < -0.3 is 9.47 Å². The molecule has 0 amide bonds. The Morgan fingerprint density at radius 1 is 0.459 bits per heavy atom. The molecule has 0 bridgehead atoms. The van der Waals surface area contributed by atoms with Crippen molar-refractivity contribution in [3.8, 4) is 0 Å². The zero-order valence-electron chi connectivity index (χ0n) is 24.9. The van der Waals surface area contributed by atoms with Gasteiger partial charge in [-0.15, -0.1) is 0 Å². The van der Waals surface area contributed by atoms with Gasteiger partial charge in [0.05, 0.1) is 13.2 Å². The lowest BCUT2D eigenvalue weighted by Gasteiger charge is -2.06. The van der Waals surface area contributed by atoms with Crippen LogP contribution in [0.25, 0.3) is 0 Å². The maximum Gasteiger partial charge on any atom is 0.305 e. The van der Waals surface area contributed by atoms with Crippen LogP contribution in [0, 0.1) is 0 Å². The highest BCUT2D eigenvalue weighted by Crippen LogP contribution is 2.12. The fourth-order valence-electron chi connectivity index (χ4n) is 4.53. The third-order valence-corrected chi connectivity index (χ3v) is 6.95. The molecule has 0 fully saturated rings. The fourth-order valence-corrected chi connectivity index (χ4v) is 4.53. The summed E-state index contributed by atoms with van der Waals surface area (Å²) in [6, 6.07) is 0. The summed E-state index contributed by atoms with van der Waals surface area (Å²) >= 11 is 0. The van der Waals surface area contributed by atoms with E-state index in [-0.39, 0.29) is 11.9 Å². The molecule has 4 nitrogen and oxygen atoms in total. The van der Waals surface area contributed by atoms with E-state index >= 15 is 0 Å². The summed E-state index contributed by atoms with van der Waals surface area (Å²) in [5.41, 5.74) is 0. The Morgan fingerprint density at radius 2 is 0.838 bits per heavy atom. The monoisotopic (exact) mass is 522 g/mol. The molecule has 0 rings (SSSR count). The highest BCUT2D eigenvalue weighted by molar-refractivity contribution is 5.69. The molecule has 0 spiro atoms. The first-order valence-corrected chi connectivity index (χ1v) is 16.2. The van der Waals surface area contributed by atoms with Crippen LogP contribution in [0.3, 0.4) is 0 Å². The Labute approximate surface area is 230 Å². The molecule has 0 aliphatic carbocycles. The normalized spacial score (nSPS) is 11.3. The van der Waals surface area contributed by atoms with E-state index in [1.54, 1.807) is 0 Å². The molecule has 0 aromatic carbocycles. The molecule has 0 aromatic rings. The summed E-state index contributed by atoms with van der Waals surface area (Å²) in [6.07, 6.45) is 33.0. The number of hydrogen-bond acceptors (Lipinski definition) is 4. The van der Waals surface area contributed by atoms with Crippen LogP contribution >= 0.6 is 0 Å². The summed E-state index contributed by atoms with van der Waals surface area (Å²) < 4.78 is 10.7.